The maximum Gasteiger partial charge on any atom is 0.270 e. The molecule has 0 spiro atoms. The van der Waals surface area contributed by atoms with Crippen molar-refractivity contribution in [3.8, 4) is 0 Å². The molecular formula is C11H7Cl2N3O4S. The lowest BCUT2D eigenvalue weighted by Gasteiger charge is -2.10. The highest BCUT2D eigenvalue weighted by atomic mass is 35.5. The first-order valence-electron chi connectivity index (χ1n) is 5.37. The van der Waals surface area contributed by atoms with Crippen molar-refractivity contribution in [2.24, 2.45) is 0 Å². The molecule has 21 heavy (non-hydrogen) atoms. The average Bonchev–Trinajstić information content (AvgIpc) is 2.41. The minimum atomic E-state index is -4.13. The lowest BCUT2D eigenvalue weighted by molar-refractivity contribution is -0.385. The number of hydrogen-bond acceptors (Lipinski definition) is 5. The molecule has 1 N–H and O–H groups in total. The second kappa shape index (κ2) is 5.84. The molecule has 110 valence electrons. The molecule has 0 saturated heterocycles. The Morgan fingerprint density at radius 3 is 2.52 bits per heavy atom. The number of hydrogen-bond donors (Lipinski definition) is 1. The van der Waals surface area contributed by atoms with E-state index in [4.69, 9.17) is 23.2 Å². The number of nitrogens with zero attached hydrogens (tertiary/aromatic N) is 2. The van der Waals surface area contributed by atoms with Gasteiger partial charge in [0.2, 0.25) is 0 Å². The second-order valence-electron chi connectivity index (χ2n) is 3.83. The zero-order valence-electron chi connectivity index (χ0n) is 10.2. The van der Waals surface area contributed by atoms with Crippen molar-refractivity contribution in [2.45, 2.75) is 4.90 Å². The molecule has 1 aromatic heterocycles. The number of nitrogens with one attached hydrogen (secondary N) is 1. The summed E-state index contributed by atoms with van der Waals surface area (Å²) in [6, 6.07) is 4.51. The second-order valence-corrected chi connectivity index (χ2v) is 6.30. The van der Waals surface area contributed by atoms with Gasteiger partial charge in [-0.3, -0.25) is 19.8 Å². The largest absolute Gasteiger partial charge is 0.276 e. The number of anilines is 1. The lowest BCUT2D eigenvalue weighted by Crippen LogP contribution is -2.14. The Kier molecular flexibility index (Phi) is 4.31. The van der Waals surface area contributed by atoms with Crippen molar-refractivity contribution in [1.29, 1.82) is 0 Å². The van der Waals surface area contributed by atoms with Gasteiger partial charge in [-0.2, -0.15) is 0 Å². The van der Waals surface area contributed by atoms with E-state index in [2.05, 4.69) is 9.71 Å². The molecule has 1 heterocycles. The molecule has 0 fully saturated rings. The van der Waals surface area contributed by atoms with Crippen LogP contribution in [-0.4, -0.2) is 18.3 Å². The number of pyridine rings is 1. The fourth-order valence-corrected chi connectivity index (χ4v) is 3.26. The van der Waals surface area contributed by atoms with Gasteiger partial charge >= 0.3 is 0 Å². The molecule has 0 unspecified atom stereocenters. The predicted octanol–water partition coefficient (Wildman–Crippen LogP) is 3.10. The van der Waals surface area contributed by atoms with Gasteiger partial charge < -0.3 is 0 Å². The van der Waals surface area contributed by atoms with Gasteiger partial charge in [-0.1, -0.05) is 23.2 Å². The fourth-order valence-electron chi connectivity index (χ4n) is 1.46. The Balaban J connectivity index is 2.47. The molecule has 0 aliphatic carbocycles. The molecule has 0 atom stereocenters. The van der Waals surface area contributed by atoms with Crippen LogP contribution in [0.25, 0.3) is 0 Å². The zero-order chi connectivity index (χ0) is 15.6. The summed E-state index contributed by atoms with van der Waals surface area (Å²) < 4.78 is 26.7. The third-order valence-electron chi connectivity index (χ3n) is 2.43. The number of non-ortho nitro benzene ring substituents is 1. The molecule has 7 nitrogen and oxygen atoms in total. The highest BCUT2D eigenvalue weighted by Gasteiger charge is 2.22. The Morgan fingerprint density at radius 2 is 1.90 bits per heavy atom. The van der Waals surface area contributed by atoms with Gasteiger partial charge in [-0.25, -0.2) is 8.42 Å². The molecule has 1 aromatic carbocycles. The van der Waals surface area contributed by atoms with Crippen molar-refractivity contribution < 1.29 is 13.3 Å². The normalized spacial score (nSPS) is 11.1. The van der Waals surface area contributed by atoms with Gasteiger partial charge in [0, 0.05) is 18.3 Å². The van der Waals surface area contributed by atoms with Crippen LogP contribution in [0.3, 0.4) is 0 Å². The van der Waals surface area contributed by atoms with Crippen molar-refractivity contribution in [3.05, 3.63) is 56.8 Å². The standard InChI is InChI=1S/C11H7Cl2N3O4S/c12-8-3-4-14-6-10(8)15-21(19,20)11-5-7(16(17)18)1-2-9(11)13/h1-6,15H. The smallest absolute Gasteiger partial charge is 0.270 e. The molecule has 2 rings (SSSR count). The molecule has 0 aliphatic rings. The minimum absolute atomic E-state index is 0.0433. The van der Waals surface area contributed by atoms with E-state index in [1.54, 1.807) is 0 Å². The van der Waals surface area contributed by atoms with Gasteiger partial charge in [0.05, 0.1) is 26.9 Å². The summed E-state index contributed by atoms with van der Waals surface area (Å²) in [5.41, 5.74) is -0.348. The maximum absolute atomic E-state index is 12.2. The number of sulfonamides is 1. The summed E-state index contributed by atoms with van der Waals surface area (Å²) in [5, 5.41) is 10.7. The van der Waals surface area contributed by atoms with E-state index in [9.17, 15) is 18.5 Å². The SMILES string of the molecule is O=[N+]([O-])c1ccc(Cl)c(S(=O)(=O)Nc2cnccc2Cl)c1. The number of nitro groups is 1. The summed E-state index contributed by atoms with van der Waals surface area (Å²) in [5.74, 6) is 0. The average molecular weight is 348 g/mol. The van der Waals surface area contributed by atoms with Crippen LogP contribution >= 0.6 is 23.2 Å². The molecule has 0 aliphatic heterocycles. The number of halogens is 2. The fraction of sp³-hybridized carbons (Fsp3) is 0. The van der Waals surface area contributed by atoms with Crippen molar-refractivity contribution in [3.63, 3.8) is 0 Å². The number of aromatic nitrogens is 1. The number of benzene rings is 1. The van der Waals surface area contributed by atoms with Gasteiger partial charge in [-0.05, 0) is 12.1 Å². The van der Waals surface area contributed by atoms with E-state index >= 15 is 0 Å². The molecule has 0 bridgehead atoms. The van der Waals surface area contributed by atoms with E-state index in [0.717, 1.165) is 18.2 Å². The van der Waals surface area contributed by atoms with Crippen LogP contribution in [0.15, 0.2) is 41.6 Å². The number of nitro benzene ring substituents is 1. The lowest BCUT2D eigenvalue weighted by atomic mass is 10.3. The van der Waals surface area contributed by atoms with Crippen molar-refractivity contribution >= 4 is 44.6 Å². The number of rotatable bonds is 4. The Morgan fingerprint density at radius 1 is 1.19 bits per heavy atom. The summed E-state index contributed by atoms with van der Waals surface area (Å²) >= 11 is 11.6. The Bertz CT molecular complexity index is 811. The van der Waals surface area contributed by atoms with Crippen LogP contribution in [0.1, 0.15) is 0 Å². The van der Waals surface area contributed by atoms with Crippen LogP contribution in [0, 0.1) is 10.1 Å². The highest BCUT2D eigenvalue weighted by molar-refractivity contribution is 7.92. The molecule has 0 saturated carbocycles. The Labute approximate surface area is 129 Å². The van der Waals surface area contributed by atoms with Gasteiger partial charge in [0.25, 0.3) is 15.7 Å². The summed E-state index contributed by atoms with van der Waals surface area (Å²) in [6.45, 7) is 0. The first-order chi connectivity index (χ1) is 9.81. The van der Waals surface area contributed by atoms with E-state index < -0.39 is 25.5 Å². The van der Waals surface area contributed by atoms with Crippen LogP contribution in [0.5, 0.6) is 0 Å². The van der Waals surface area contributed by atoms with E-state index in [1.807, 2.05) is 0 Å². The molecular weight excluding hydrogens is 341 g/mol. The molecule has 10 heteroatoms. The van der Waals surface area contributed by atoms with Crippen molar-refractivity contribution in [1.82, 2.24) is 4.98 Å². The zero-order valence-corrected chi connectivity index (χ0v) is 12.5. The highest BCUT2D eigenvalue weighted by Crippen LogP contribution is 2.29. The molecule has 0 amide bonds. The third-order valence-corrected chi connectivity index (χ3v) is 4.60. The van der Waals surface area contributed by atoms with Crippen LogP contribution in [-0.2, 0) is 10.0 Å². The van der Waals surface area contributed by atoms with Crippen molar-refractivity contribution in [2.75, 3.05) is 4.72 Å². The summed E-state index contributed by atoms with van der Waals surface area (Å²) in [4.78, 5) is 13.3. The quantitative estimate of drug-likeness (QED) is 0.676. The Hall–Kier alpha value is -1.90. The van der Waals surface area contributed by atoms with Crippen LogP contribution in [0.2, 0.25) is 10.0 Å². The van der Waals surface area contributed by atoms with Gasteiger partial charge in [0.15, 0.2) is 0 Å². The molecule has 2 aromatic rings. The third kappa shape index (κ3) is 3.41. The minimum Gasteiger partial charge on any atom is -0.276 e. The van der Waals surface area contributed by atoms with E-state index in [0.29, 0.717) is 0 Å². The van der Waals surface area contributed by atoms with E-state index in [-0.39, 0.29) is 15.7 Å². The maximum atomic E-state index is 12.2. The first-order valence-corrected chi connectivity index (χ1v) is 7.61. The van der Waals surface area contributed by atoms with E-state index in [1.165, 1.54) is 18.5 Å². The monoisotopic (exact) mass is 347 g/mol. The van der Waals surface area contributed by atoms with Gasteiger partial charge in [0.1, 0.15) is 4.90 Å². The summed E-state index contributed by atoms with van der Waals surface area (Å²) in [7, 11) is -4.13. The van der Waals surface area contributed by atoms with Crippen LogP contribution in [0.4, 0.5) is 11.4 Å². The predicted molar refractivity (Wildman–Crippen MR) is 78.2 cm³/mol. The first kappa shape index (κ1) is 15.5. The summed E-state index contributed by atoms with van der Waals surface area (Å²) in [6.07, 6.45) is 2.60. The van der Waals surface area contributed by atoms with Crippen LogP contribution < -0.4 is 4.72 Å². The molecule has 0 radical (unpaired) electrons. The van der Waals surface area contributed by atoms with Gasteiger partial charge in [-0.15, -0.1) is 0 Å². The topological polar surface area (TPSA) is 102 Å².